The van der Waals surface area contributed by atoms with Gasteiger partial charge in [0.2, 0.25) is 0 Å². The summed E-state index contributed by atoms with van der Waals surface area (Å²) < 4.78 is 22.5. The van der Waals surface area contributed by atoms with Crippen LogP contribution in [0.25, 0.3) is 11.1 Å². The van der Waals surface area contributed by atoms with Crippen molar-refractivity contribution in [1.29, 1.82) is 0 Å². The van der Waals surface area contributed by atoms with Gasteiger partial charge >= 0.3 is 11.9 Å². The van der Waals surface area contributed by atoms with Gasteiger partial charge < -0.3 is 18.9 Å². The maximum atomic E-state index is 12.6. The highest BCUT2D eigenvalue weighted by atomic mass is 16.6. The van der Waals surface area contributed by atoms with E-state index in [-0.39, 0.29) is 0 Å². The van der Waals surface area contributed by atoms with E-state index >= 15 is 0 Å². The third kappa shape index (κ3) is 11.3. The molecule has 3 rings (SSSR count). The number of esters is 2. The van der Waals surface area contributed by atoms with Crippen LogP contribution in [-0.2, 0) is 9.53 Å². The fourth-order valence-electron chi connectivity index (χ4n) is 4.23. The first-order chi connectivity index (χ1) is 20.4. The Balaban J connectivity index is 1.43. The molecule has 6 nitrogen and oxygen atoms in total. The van der Waals surface area contributed by atoms with Gasteiger partial charge in [-0.3, -0.25) is 0 Å². The van der Waals surface area contributed by atoms with Crippen LogP contribution in [0.3, 0.4) is 0 Å². The average molecular weight is 575 g/mol. The summed E-state index contributed by atoms with van der Waals surface area (Å²) in [5.74, 6) is 1.23. The van der Waals surface area contributed by atoms with Crippen LogP contribution in [0, 0.1) is 5.92 Å². The highest BCUT2D eigenvalue weighted by Gasteiger charge is 2.17. The maximum Gasteiger partial charge on any atom is 0.343 e. The summed E-state index contributed by atoms with van der Waals surface area (Å²) in [6, 6.07) is 21.6. The minimum atomic E-state index is -0.625. The van der Waals surface area contributed by atoms with E-state index in [1.165, 1.54) is 38.5 Å². The van der Waals surface area contributed by atoms with E-state index in [0.717, 1.165) is 29.7 Å². The molecule has 0 spiro atoms. The Kier molecular flexibility index (Phi) is 14.1. The number of carbonyl (C=O) groups excluding carboxylic acids is 2. The molecule has 0 fully saturated rings. The molecule has 2 atom stereocenters. The van der Waals surface area contributed by atoms with Crippen molar-refractivity contribution in [1.82, 2.24) is 0 Å². The molecule has 0 aliphatic rings. The fourth-order valence-corrected chi connectivity index (χ4v) is 4.23. The molecule has 3 aromatic carbocycles. The summed E-state index contributed by atoms with van der Waals surface area (Å²) in [6.45, 7) is 9.32. The Hall–Kier alpha value is -3.64. The molecule has 0 aliphatic carbocycles. The molecule has 0 saturated heterocycles. The van der Waals surface area contributed by atoms with Crippen LogP contribution in [0.4, 0.5) is 0 Å². The van der Waals surface area contributed by atoms with Gasteiger partial charge in [0.1, 0.15) is 17.2 Å². The minimum absolute atomic E-state index is 0.394. The zero-order chi connectivity index (χ0) is 30.2. The number of ether oxygens (including phenoxy) is 4. The van der Waals surface area contributed by atoms with Gasteiger partial charge in [-0.15, -0.1) is 0 Å². The van der Waals surface area contributed by atoms with Crippen molar-refractivity contribution >= 4 is 11.9 Å². The molecular formula is C36H46O6. The number of hydrogen-bond donors (Lipinski definition) is 0. The topological polar surface area (TPSA) is 71.1 Å². The Morgan fingerprint density at radius 1 is 0.643 bits per heavy atom. The molecule has 6 heteroatoms. The van der Waals surface area contributed by atoms with Gasteiger partial charge in [0.25, 0.3) is 0 Å². The Morgan fingerprint density at radius 3 is 1.74 bits per heavy atom. The van der Waals surface area contributed by atoms with Gasteiger partial charge in [-0.05, 0) is 78.9 Å². The lowest BCUT2D eigenvalue weighted by Gasteiger charge is -2.15. The number of rotatable bonds is 18. The van der Waals surface area contributed by atoms with Gasteiger partial charge in [0.05, 0.1) is 18.8 Å². The fraction of sp³-hybridized carbons (Fsp3) is 0.444. The molecule has 0 saturated carbocycles. The summed E-state index contributed by atoms with van der Waals surface area (Å²) in [5, 5.41) is 0. The lowest BCUT2D eigenvalue weighted by atomic mass is 10.1. The van der Waals surface area contributed by atoms with Crippen molar-refractivity contribution in [3.8, 4) is 28.4 Å². The molecule has 3 aromatic rings. The molecule has 0 bridgehead atoms. The predicted molar refractivity (Wildman–Crippen MR) is 167 cm³/mol. The monoisotopic (exact) mass is 574 g/mol. The highest BCUT2D eigenvalue weighted by Crippen LogP contribution is 2.25. The van der Waals surface area contributed by atoms with Gasteiger partial charge in [0.15, 0.2) is 6.10 Å². The van der Waals surface area contributed by atoms with E-state index in [2.05, 4.69) is 20.8 Å². The van der Waals surface area contributed by atoms with E-state index < -0.39 is 18.0 Å². The number of carbonyl (C=O) groups is 2. The van der Waals surface area contributed by atoms with Crippen LogP contribution < -0.4 is 14.2 Å². The lowest BCUT2D eigenvalue weighted by molar-refractivity contribution is -0.146. The Morgan fingerprint density at radius 2 is 1.17 bits per heavy atom. The predicted octanol–water partition coefficient (Wildman–Crippen LogP) is 9.06. The Bertz CT molecular complexity index is 1200. The third-order valence-electron chi connectivity index (χ3n) is 7.24. The summed E-state index contributed by atoms with van der Waals surface area (Å²) in [5.41, 5.74) is 2.35. The van der Waals surface area contributed by atoms with E-state index in [0.29, 0.717) is 36.2 Å². The first-order valence-corrected chi connectivity index (χ1v) is 15.4. The smallest absolute Gasteiger partial charge is 0.343 e. The second-order valence-corrected chi connectivity index (χ2v) is 10.8. The van der Waals surface area contributed by atoms with Crippen molar-refractivity contribution in [2.24, 2.45) is 5.92 Å². The van der Waals surface area contributed by atoms with Crippen LogP contribution in [0.15, 0.2) is 72.8 Å². The van der Waals surface area contributed by atoms with Gasteiger partial charge in [-0.2, -0.15) is 0 Å². The van der Waals surface area contributed by atoms with Crippen molar-refractivity contribution in [3.05, 3.63) is 78.4 Å². The molecular weight excluding hydrogens is 528 g/mol. The SMILES string of the molecule is CCCCCCCCCOc1ccc(C(=O)Oc2ccc(-c3ccc(OC(=O)C(C)OCC(C)CC)cc3)cc2)cc1. The largest absolute Gasteiger partial charge is 0.494 e. The molecule has 42 heavy (non-hydrogen) atoms. The zero-order valence-corrected chi connectivity index (χ0v) is 25.6. The lowest BCUT2D eigenvalue weighted by Crippen LogP contribution is -2.27. The van der Waals surface area contributed by atoms with E-state index in [1.54, 1.807) is 43.3 Å². The van der Waals surface area contributed by atoms with Crippen molar-refractivity contribution in [2.75, 3.05) is 13.2 Å². The third-order valence-corrected chi connectivity index (χ3v) is 7.24. The normalized spacial score (nSPS) is 12.4. The number of unbranched alkanes of at least 4 members (excludes halogenated alkanes) is 6. The van der Waals surface area contributed by atoms with Gasteiger partial charge in [-0.1, -0.05) is 90.0 Å². The first kappa shape index (κ1) is 32.9. The minimum Gasteiger partial charge on any atom is -0.494 e. The molecule has 0 radical (unpaired) electrons. The first-order valence-electron chi connectivity index (χ1n) is 15.4. The van der Waals surface area contributed by atoms with Crippen molar-refractivity contribution < 1.29 is 28.5 Å². The molecule has 2 unspecified atom stereocenters. The maximum absolute atomic E-state index is 12.6. The van der Waals surface area contributed by atoms with Crippen molar-refractivity contribution in [2.45, 2.75) is 85.2 Å². The summed E-state index contributed by atoms with van der Waals surface area (Å²) in [7, 11) is 0. The molecule has 0 N–H and O–H groups in total. The van der Waals surface area contributed by atoms with Crippen LogP contribution in [0.5, 0.6) is 17.2 Å². The van der Waals surface area contributed by atoms with E-state index in [9.17, 15) is 9.59 Å². The summed E-state index contributed by atoms with van der Waals surface area (Å²) in [4.78, 5) is 25.0. The molecule has 0 aromatic heterocycles. The van der Waals surface area contributed by atoms with E-state index in [1.807, 2.05) is 36.4 Å². The molecule has 226 valence electrons. The second kappa shape index (κ2) is 18.0. The quantitative estimate of drug-likeness (QED) is 0.0857. The molecule has 0 heterocycles. The van der Waals surface area contributed by atoms with Crippen LogP contribution in [0.2, 0.25) is 0 Å². The average Bonchev–Trinajstić information content (AvgIpc) is 3.02. The molecule has 0 amide bonds. The second-order valence-electron chi connectivity index (χ2n) is 10.8. The number of hydrogen-bond acceptors (Lipinski definition) is 6. The Labute approximate surface area is 251 Å². The number of benzene rings is 3. The van der Waals surface area contributed by atoms with Crippen molar-refractivity contribution in [3.63, 3.8) is 0 Å². The van der Waals surface area contributed by atoms with Crippen LogP contribution in [-0.4, -0.2) is 31.3 Å². The molecule has 0 aliphatic heterocycles. The highest BCUT2D eigenvalue weighted by molar-refractivity contribution is 5.91. The van der Waals surface area contributed by atoms with E-state index in [4.69, 9.17) is 18.9 Å². The summed E-state index contributed by atoms with van der Waals surface area (Å²) >= 11 is 0. The van der Waals surface area contributed by atoms with Gasteiger partial charge in [-0.25, -0.2) is 9.59 Å². The van der Waals surface area contributed by atoms with Crippen LogP contribution in [0.1, 0.15) is 89.4 Å². The zero-order valence-electron chi connectivity index (χ0n) is 25.6. The van der Waals surface area contributed by atoms with Gasteiger partial charge in [0, 0.05) is 0 Å². The standard InChI is InChI=1S/C36H46O6/c1-5-7-8-9-10-11-12-25-39-32-19-17-31(18-20-32)36(38)42-34-23-15-30(16-24-34)29-13-21-33(22-14-29)41-35(37)28(4)40-26-27(3)6-2/h13-24,27-28H,5-12,25-26H2,1-4H3. The summed E-state index contributed by atoms with van der Waals surface area (Å²) in [6.07, 6.45) is 9.06. The van der Waals surface area contributed by atoms with Crippen LogP contribution >= 0.6 is 0 Å².